The van der Waals surface area contributed by atoms with E-state index in [9.17, 15) is 13.2 Å². The van der Waals surface area contributed by atoms with Crippen molar-refractivity contribution in [3.8, 4) is 0 Å². The van der Waals surface area contributed by atoms with Crippen molar-refractivity contribution in [2.45, 2.75) is 36.8 Å². The van der Waals surface area contributed by atoms with Crippen LogP contribution in [0.3, 0.4) is 0 Å². The first-order chi connectivity index (χ1) is 11.4. The number of fused-ring (bicyclic) bond motifs is 1. The fraction of sp³-hybridized carbons (Fsp3) is 0.500. The zero-order valence-corrected chi connectivity index (χ0v) is 15.3. The average Bonchev–Trinajstić information content (AvgIpc) is 3.10. The summed E-state index contributed by atoms with van der Waals surface area (Å²) >= 11 is 1.26. The standard InChI is InChI=1S/C16H20N2O4S2/c1-3-18(12-8-9-24(20,21)10-12)15(19)11(2)23-16-17-13-6-4-5-7-14(13)22-16/h4-7,11-12H,3,8-10H2,1-2H3/t11-,12-/m1/s1. The number of nitrogens with zero attached hydrogens (tertiary/aromatic N) is 2. The molecule has 0 aliphatic carbocycles. The largest absolute Gasteiger partial charge is 0.431 e. The molecule has 130 valence electrons. The molecule has 2 aromatic rings. The highest BCUT2D eigenvalue weighted by atomic mass is 32.2. The van der Waals surface area contributed by atoms with Crippen LogP contribution in [0.25, 0.3) is 11.1 Å². The molecule has 2 heterocycles. The Morgan fingerprint density at radius 1 is 1.46 bits per heavy atom. The molecule has 0 radical (unpaired) electrons. The van der Waals surface area contributed by atoms with Crippen molar-refractivity contribution in [2.75, 3.05) is 18.1 Å². The third-order valence-corrected chi connectivity index (χ3v) is 6.85. The normalized spacial score (nSPS) is 21.0. The number of aromatic nitrogens is 1. The van der Waals surface area contributed by atoms with E-state index in [-0.39, 0.29) is 28.7 Å². The molecule has 2 atom stereocenters. The number of carbonyl (C=O) groups is 1. The van der Waals surface area contributed by atoms with Crippen molar-refractivity contribution < 1.29 is 17.6 Å². The van der Waals surface area contributed by atoms with Crippen LogP contribution < -0.4 is 0 Å². The maximum atomic E-state index is 12.7. The van der Waals surface area contributed by atoms with Gasteiger partial charge in [-0.15, -0.1) is 0 Å². The number of benzene rings is 1. The number of carbonyl (C=O) groups excluding carboxylic acids is 1. The summed E-state index contributed by atoms with van der Waals surface area (Å²) in [5, 5.41) is 0.0634. The smallest absolute Gasteiger partial charge is 0.257 e. The van der Waals surface area contributed by atoms with Gasteiger partial charge in [-0.1, -0.05) is 23.9 Å². The second kappa shape index (κ2) is 6.76. The second-order valence-corrected chi connectivity index (χ2v) is 9.41. The maximum absolute atomic E-state index is 12.7. The van der Waals surface area contributed by atoms with E-state index in [1.54, 1.807) is 11.8 Å². The molecule has 1 aromatic carbocycles. The molecule has 1 fully saturated rings. The molecule has 6 nitrogen and oxygen atoms in total. The maximum Gasteiger partial charge on any atom is 0.257 e. The minimum absolute atomic E-state index is 0.0624. The summed E-state index contributed by atoms with van der Waals surface area (Å²) in [6, 6.07) is 7.22. The molecule has 3 rings (SSSR count). The van der Waals surface area contributed by atoms with Crippen LogP contribution in [0.4, 0.5) is 0 Å². The molecule has 1 aromatic heterocycles. The zero-order chi connectivity index (χ0) is 17.3. The summed E-state index contributed by atoms with van der Waals surface area (Å²) in [4.78, 5) is 18.8. The molecule has 1 saturated heterocycles. The lowest BCUT2D eigenvalue weighted by Gasteiger charge is -2.28. The predicted octanol–water partition coefficient (Wildman–Crippen LogP) is 2.34. The van der Waals surface area contributed by atoms with Crippen LogP contribution in [0.2, 0.25) is 0 Å². The van der Waals surface area contributed by atoms with Crippen LogP contribution in [-0.2, 0) is 14.6 Å². The summed E-state index contributed by atoms with van der Waals surface area (Å²) in [5.74, 6) is 0.146. The quantitative estimate of drug-likeness (QED) is 0.754. The number of sulfone groups is 1. The van der Waals surface area contributed by atoms with Crippen molar-refractivity contribution in [2.24, 2.45) is 0 Å². The second-order valence-electron chi connectivity index (χ2n) is 5.89. The van der Waals surface area contributed by atoms with Crippen LogP contribution >= 0.6 is 11.8 Å². The number of rotatable bonds is 5. The van der Waals surface area contributed by atoms with Gasteiger partial charge >= 0.3 is 0 Å². The minimum Gasteiger partial charge on any atom is -0.431 e. The van der Waals surface area contributed by atoms with Crippen LogP contribution in [0, 0.1) is 0 Å². The number of thioether (sulfide) groups is 1. The van der Waals surface area contributed by atoms with Crippen molar-refractivity contribution in [1.82, 2.24) is 9.88 Å². The fourth-order valence-electron chi connectivity index (χ4n) is 2.95. The summed E-state index contributed by atoms with van der Waals surface area (Å²) in [6.45, 7) is 4.17. The summed E-state index contributed by atoms with van der Waals surface area (Å²) in [5.41, 5.74) is 1.45. The monoisotopic (exact) mass is 368 g/mol. The van der Waals surface area contributed by atoms with E-state index in [0.717, 1.165) is 5.52 Å². The minimum atomic E-state index is -3.02. The molecule has 0 N–H and O–H groups in total. The average molecular weight is 368 g/mol. The zero-order valence-electron chi connectivity index (χ0n) is 13.6. The van der Waals surface area contributed by atoms with Gasteiger partial charge in [-0.2, -0.15) is 0 Å². The molecule has 0 bridgehead atoms. The Morgan fingerprint density at radius 2 is 2.21 bits per heavy atom. The Labute approximate surface area is 145 Å². The van der Waals surface area contributed by atoms with E-state index in [4.69, 9.17) is 4.42 Å². The number of hydrogen-bond acceptors (Lipinski definition) is 6. The van der Waals surface area contributed by atoms with Gasteiger partial charge in [0.25, 0.3) is 5.22 Å². The van der Waals surface area contributed by atoms with Crippen LogP contribution in [0.15, 0.2) is 33.9 Å². The fourth-order valence-corrected chi connectivity index (χ4v) is 5.51. The molecule has 0 saturated carbocycles. The van der Waals surface area contributed by atoms with Crippen molar-refractivity contribution in [3.05, 3.63) is 24.3 Å². The molecule has 0 unspecified atom stereocenters. The first-order valence-electron chi connectivity index (χ1n) is 7.93. The lowest BCUT2D eigenvalue weighted by atomic mass is 10.2. The first-order valence-corrected chi connectivity index (χ1v) is 10.6. The summed E-state index contributed by atoms with van der Waals surface area (Å²) in [7, 11) is -3.02. The number of oxazole rings is 1. The molecule has 1 aliphatic rings. The molecular weight excluding hydrogens is 348 g/mol. The third-order valence-electron chi connectivity index (χ3n) is 4.17. The van der Waals surface area contributed by atoms with E-state index in [2.05, 4.69) is 4.98 Å². The van der Waals surface area contributed by atoms with Gasteiger partial charge in [-0.3, -0.25) is 4.79 Å². The Balaban J connectivity index is 1.71. The predicted molar refractivity (Wildman–Crippen MR) is 93.8 cm³/mol. The van der Waals surface area contributed by atoms with Crippen molar-refractivity contribution >= 4 is 38.6 Å². The van der Waals surface area contributed by atoms with Crippen molar-refractivity contribution in [1.29, 1.82) is 0 Å². The van der Waals surface area contributed by atoms with Crippen LogP contribution in [0.1, 0.15) is 20.3 Å². The number of para-hydroxylation sites is 2. The molecular formula is C16H20N2O4S2. The van der Waals surface area contributed by atoms with Gasteiger partial charge in [0.2, 0.25) is 5.91 Å². The first kappa shape index (κ1) is 17.3. The number of hydrogen-bond donors (Lipinski definition) is 0. The van der Waals surface area contributed by atoms with Gasteiger partial charge < -0.3 is 9.32 Å². The van der Waals surface area contributed by atoms with E-state index in [1.165, 1.54) is 11.8 Å². The highest BCUT2D eigenvalue weighted by Crippen LogP contribution is 2.28. The SMILES string of the molecule is CCN(C(=O)[C@@H](C)Sc1nc2ccccc2o1)[C@@H]1CCS(=O)(=O)C1. The highest BCUT2D eigenvalue weighted by molar-refractivity contribution is 8.00. The Bertz CT molecular complexity index is 814. The molecule has 1 amide bonds. The van der Waals surface area contributed by atoms with Crippen molar-refractivity contribution in [3.63, 3.8) is 0 Å². The van der Waals surface area contributed by atoms with Gasteiger partial charge in [0, 0.05) is 12.6 Å². The van der Waals surface area contributed by atoms with E-state index in [1.807, 2.05) is 31.2 Å². The molecule has 1 aliphatic heterocycles. The summed E-state index contributed by atoms with van der Waals surface area (Å²) < 4.78 is 29.0. The van der Waals surface area contributed by atoms with E-state index in [0.29, 0.717) is 23.8 Å². The Hall–Kier alpha value is -1.54. The van der Waals surface area contributed by atoms with E-state index >= 15 is 0 Å². The lowest BCUT2D eigenvalue weighted by Crippen LogP contribution is -2.44. The Morgan fingerprint density at radius 3 is 2.83 bits per heavy atom. The summed E-state index contributed by atoms with van der Waals surface area (Å²) in [6.07, 6.45) is 0.516. The van der Waals surface area contributed by atoms with Gasteiger partial charge in [-0.05, 0) is 32.4 Å². The topological polar surface area (TPSA) is 80.5 Å². The highest BCUT2D eigenvalue weighted by Gasteiger charge is 2.35. The third kappa shape index (κ3) is 3.59. The molecule has 24 heavy (non-hydrogen) atoms. The lowest BCUT2D eigenvalue weighted by molar-refractivity contribution is -0.131. The molecule has 0 spiro atoms. The van der Waals surface area contributed by atoms with Crippen LogP contribution in [0.5, 0.6) is 0 Å². The van der Waals surface area contributed by atoms with E-state index < -0.39 is 9.84 Å². The number of amides is 1. The van der Waals surface area contributed by atoms with Gasteiger partial charge in [0.05, 0.1) is 16.8 Å². The van der Waals surface area contributed by atoms with Gasteiger partial charge in [0.1, 0.15) is 5.52 Å². The molecule has 8 heteroatoms. The van der Waals surface area contributed by atoms with Gasteiger partial charge in [0.15, 0.2) is 15.4 Å². The van der Waals surface area contributed by atoms with Crippen LogP contribution in [-0.4, -0.2) is 53.6 Å². The van der Waals surface area contributed by atoms with Gasteiger partial charge in [-0.25, -0.2) is 13.4 Å². The Kier molecular flexibility index (Phi) is 4.87.